The Morgan fingerprint density at radius 1 is 1.44 bits per heavy atom. The van der Waals surface area contributed by atoms with Gasteiger partial charge in [-0.1, -0.05) is 6.07 Å². The van der Waals surface area contributed by atoms with E-state index in [2.05, 4.69) is 16.3 Å². The quantitative estimate of drug-likeness (QED) is 0.855. The van der Waals surface area contributed by atoms with Gasteiger partial charge in [-0.05, 0) is 38.0 Å². The van der Waals surface area contributed by atoms with Crippen molar-refractivity contribution in [2.75, 3.05) is 23.3 Å². The molecule has 1 amide bonds. The van der Waals surface area contributed by atoms with E-state index in [0.29, 0.717) is 6.42 Å². The van der Waals surface area contributed by atoms with Gasteiger partial charge >= 0.3 is 0 Å². The first-order valence-corrected chi connectivity index (χ1v) is 6.55. The second-order valence-corrected chi connectivity index (χ2v) is 4.97. The molecule has 18 heavy (non-hydrogen) atoms. The summed E-state index contributed by atoms with van der Waals surface area (Å²) in [6, 6.07) is 7.91. The molecule has 1 aliphatic heterocycles. The third-order valence-corrected chi connectivity index (χ3v) is 3.11. The van der Waals surface area contributed by atoms with Crippen LogP contribution >= 0.6 is 0 Å². The standard InChI is InChI=1S/C14H21N3O/c1-11(15)9-14(18)16-12-5-4-6-13(10-12)17-7-2-3-8-17/h4-6,10-11H,2-3,7-9,15H2,1H3,(H,16,18)/t11-/m1/s1. The summed E-state index contributed by atoms with van der Waals surface area (Å²) in [5.74, 6) is -0.0245. The Morgan fingerprint density at radius 3 is 2.83 bits per heavy atom. The fourth-order valence-electron chi connectivity index (χ4n) is 2.26. The van der Waals surface area contributed by atoms with E-state index in [0.717, 1.165) is 18.8 Å². The Labute approximate surface area is 108 Å². The molecule has 0 bridgehead atoms. The van der Waals surface area contributed by atoms with Gasteiger partial charge in [0.15, 0.2) is 0 Å². The highest BCUT2D eigenvalue weighted by Gasteiger charge is 2.13. The summed E-state index contributed by atoms with van der Waals surface area (Å²) in [4.78, 5) is 14.0. The molecule has 0 saturated carbocycles. The second-order valence-electron chi connectivity index (χ2n) is 4.97. The summed E-state index contributed by atoms with van der Waals surface area (Å²) in [6.07, 6.45) is 2.86. The molecule has 0 radical (unpaired) electrons. The van der Waals surface area contributed by atoms with Crippen LogP contribution in [0.3, 0.4) is 0 Å². The molecule has 0 aromatic heterocycles. The number of carbonyl (C=O) groups is 1. The van der Waals surface area contributed by atoms with Crippen LogP contribution in [0.5, 0.6) is 0 Å². The van der Waals surface area contributed by atoms with Gasteiger partial charge in [-0.25, -0.2) is 0 Å². The number of benzene rings is 1. The van der Waals surface area contributed by atoms with E-state index in [9.17, 15) is 4.79 Å². The number of nitrogens with two attached hydrogens (primary N) is 1. The van der Waals surface area contributed by atoms with Crippen molar-refractivity contribution in [2.24, 2.45) is 5.73 Å². The van der Waals surface area contributed by atoms with Gasteiger partial charge < -0.3 is 16.0 Å². The summed E-state index contributed by atoms with van der Waals surface area (Å²) in [7, 11) is 0. The molecular weight excluding hydrogens is 226 g/mol. The number of nitrogens with zero attached hydrogens (tertiary/aromatic N) is 1. The Bertz CT molecular complexity index is 411. The lowest BCUT2D eigenvalue weighted by atomic mass is 10.2. The maximum atomic E-state index is 11.7. The summed E-state index contributed by atoms with van der Waals surface area (Å²) in [6.45, 7) is 4.05. The Hall–Kier alpha value is -1.55. The molecule has 98 valence electrons. The first kappa shape index (κ1) is 12.9. The fraction of sp³-hybridized carbons (Fsp3) is 0.500. The minimum Gasteiger partial charge on any atom is -0.371 e. The van der Waals surface area contributed by atoms with Gasteiger partial charge in [0.05, 0.1) is 0 Å². The number of carbonyl (C=O) groups excluding carboxylic acids is 1. The van der Waals surface area contributed by atoms with Crippen molar-refractivity contribution in [3.05, 3.63) is 24.3 Å². The highest BCUT2D eigenvalue weighted by molar-refractivity contribution is 5.91. The molecule has 1 aromatic rings. The van der Waals surface area contributed by atoms with Gasteiger partial charge in [0.1, 0.15) is 0 Å². The number of hydrogen-bond acceptors (Lipinski definition) is 3. The van der Waals surface area contributed by atoms with E-state index in [1.165, 1.54) is 18.5 Å². The molecule has 1 saturated heterocycles. The zero-order chi connectivity index (χ0) is 13.0. The first-order chi connectivity index (χ1) is 8.65. The average molecular weight is 247 g/mol. The van der Waals surface area contributed by atoms with Crippen LogP contribution in [-0.4, -0.2) is 25.0 Å². The maximum Gasteiger partial charge on any atom is 0.225 e. The summed E-state index contributed by atoms with van der Waals surface area (Å²) >= 11 is 0. The van der Waals surface area contributed by atoms with Crippen molar-refractivity contribution in [3.8, 4) is 0 Å². The minimum atomic E-state index is -0.105. The normalized spacial score (nSPS) is 16.7. The Morgan fingerprint density at radius 2 is 2.17 bits per heavy atom. The van der Waals surface area contributed by atoms with Crippen LogP contribution in [0.25, 0.3) is 0 Å². The van der Waals surface area contributed by atoms with E-state index in [1.54, 1.807) is 0 Å². The molecule has 1 heterocycles. The van der Waals surface area contributed by atoms with E-state index < -0.39 is 0 Å². The van der Waals surface area contributed by atoms with E-state index >= 15 is 0 Å². The largest absolute Gasteiger partial charge is 0.371 e. The van der Waals surface area contributed by atoms with Gasteiger partial charge in [0, 0.05) is 36.9 Å². The lowest BCUT2D eigenvalue weighted by molar-refractivity contribution is -0.116. The highest BCUT2D eigenvalue weighted by Crippen LogP contribution is 2.23. The lowest BCUT2D eigenvalue weighted by Gasteiger charge is -2.18. The number of nitrogens with one attached hydrogen (secondary N) is 1. The number of anilines is 2. The van der Waals surface area contributed by atoms with E-state index in [1.807, 2.05) is 25.1 Å². The van der Waals surface area contributed by atoms with Gasteiger partial charge in [-0.15, -0.1) is 0 Å². The molecule has 1 fully saturated rings. The smallest absolute Gasteiger partial charge is 0.225 e. The fourth-order valence-corrected chi connectivity index (χ4v) is 2.26. The molecule has 4 heteroatoms. The van der Waals surface area contributed by atoms with Crippen LogP contribution in [0.4, 0.5) is 11.4 Å². The molecule has 2 rings (SSSR count). The summed E-state index contributed by atoms with van der Waals surface area (Å²) in [5, 5.41) is 2.89. The van der Waals surface area contributed by atoms with Crippen molar-refractivity contribution < 1.29 is 4.79 Å². The molecule has 0 unspecified atom stereocenters. The average Bonchev–Trinajstić information content (AvgIpc) is 2.81. The van der Waals surface area contributed by atoms with Crippen molar-refractivity contribution in [2.45, 2.75) is 32.2 Å². The van der Waals surface area contributed by atoms with Crippen LogP contribution in [0.15, 0.2) is 24.3 Å². The Balaban J connectivity index is 2.00. The SMILES string of the molecule is C[C@@H](N)CC(=O)Nc1cccc(N2CCCC2)c1. The lowest BCUT2D eigenvalue weighted by Crippen LogP contribution is -2.24. The predicted octanol–water partition coefficient (Wildman–Crippen LogP) is 1.96. The zero-order valence-electron chi connectivity index (χ0n) is 10.9. The van der Waals surface area contributed by atoms with Crippen LogP contribution in [0, 0.1) is 0 Å². The number of rotatable bonds is 4. The van der Waals surface area contributed by atoms with Crippen LogP contribution in [-0.2, 0) is 4.79 Å². The van der Waals surface area contributed by atoms with Crippen molar-refractivity contribution in [1.82, 2.24) is 0 Å². The predicted molar refractivity (Wildman–Crippen MR) is 74.8 cm³/mol. The van der Waals surface area contributed by atoms with Crippen LogP contribution in [0.2, 0.25) is 0 Å². The number of amides is 1. The monoisotopic (exact) mass is 247 g/mol. The molecule has 1 aliphatic rings. The van der Waals surface area contributed by atoms with Crippen molar-refractivity contribution in [3.63, 3.8) is 0 Å². The molecule has 4 nitrogen and oxygen atoms in total. The molecule has 1 atom stereocenters. The van der Waals surface area contributed by atoms with Crippen LogP contribution < -0.4 is 16.0 Å². The molecule has 0 aliphatic carbocycles. The zero-order valence-corrected chi connectivity index (χ0v) is 10.9. The molecule has 0 spiro atoms. The summed E-state index contributed by atoms with van der Waals surface area (Å²) in [5.41, 5.74) is 7.65. The van der Waals surface area contributed by atoms with Crippen LogP contribution in [0.1, 0.15) is 26.2 Å². The van der Waals surface area contributed by atoms with Crippen molar-refractivity contribution >= 4 is 17.3 Å². The van der Waals surface area contributed by atoms with Gasteiger partial charge in [0.2, 0.25) is 5.91 Å². The van der Waals surface area contributed by atoms with Gasteiger partial charge in [0.25, 0.3) is 0 Å². The topological polar surface area (TPSA) is 58.4 Å². The molecular formula is C14H21N3O. The number of hydrogen-bond donors (Lipinski definition) is 2. The second kappa shape index (κ2) is 5.87. The van der Waals surface area contributed by atoms with E-state index in [4.69, 9.17) is 5.73 Å². The minimum absolute atomic E-state index is 0.0245. The Kier molecular flexibility index (Phi) is 4.20. The molecule has 3 N–H and O–H groups in total. The third kappa shape index (κ3) is 3.47. The third-order valence-electron chi connectivity index (χ3n) is 3.11. The van der Waals surface area contributed by atoms with Crippen molar-refractivity contribution in [1.29, 1.82) is 0 Å². The van der Waals surface area contributed by atoms with Gasteiger partial charge in [-0.3, -0.25) is 4.79 Å². The highest BCUT2D eigenvalue weighted by atomic mass is 16.1. The maximum absolute atomic E-state index is 11.7. The molecule has 1 aromatic carbocycles. The summed E-state index contributed by atoms with van der Waals surface area (Å²) < 4.78 is 0. The van der Waals surface area contributed by atoms with E-state index in [-0.39, 0.29) is 11.9 Å². The first-order valence-electron chi connectivity index (χ1n) is 6.55. The van der Waals surface area contributed by atoms with Gasteiger partial charge in [-0.2, -0.15) is 0 Å².